The smallest absolute Gasteiger partial charge is 0.0726 e. The molecule has 6 aliphatic carbocycles. The van der Waals surface area contributed by atoms with E-state index in [1.165, 1.54) is 111 Å². The summed E-state index contributed by atoms with van der Waals surface area (Å²) in [5, 5.41) is 0. The van der Waals surface area contributed by atoms with Gasteiger partial charge in [0, 0.05) is 34.3 Å². The Morgan fingerprint density at radius 1 is 0.351 bits per heavy atom. The molecule has 7 aliphatic rings. The van der Waals surface area contributed by atoms with E-state index >= 15 is 0 Å². The first kappa shape index (κ1) is 43.5. The summed E-state index contributed by atoms with van der Waals surface area (Å²) in [7, 11) is 0. The fourth-order valence-corrected chi connectivity index (χ4v) is 17.0. The van der Waals surface area contributed by atoms with Gasteiger partial charge in [0.2, 0.25) is 0 Å². The molecule has 0 aromatic heterocycles. The largest absolute Gasteiger partial charge is 0.310 e. The highest BCUT2D eigenvalue weighted by molar-refractivity contribution is 6.03. The maximum atomic E-state index is 2.63. The van der Waals surface area contributed by atoms with Crippen LogP contribution in [0.2, 0.25) is 0 Å². The highest BCUT2D eigenvalue weighted by atomic mass is 15.1. The average molecular weight is 982 g/mol. The predicted molar refractivity (Wildman–Crippen MR) is 318 cm³/mol. The summed E-state index contributed by atoms with van der Waals surface area (Å²) in [6.45, 7) is 10.1. The summed E-state index contributed by atoms with van der Waals surface area (Å²) in [6, 6.07) is 89.1. The van der Waals surface area contributed by atoms with E-state index in [2.05, 4.69) is 275 Å². The van der Waals surface area contributed by atoms with Crippen LogP contribution in [-0.4, -0.2) is 0 Å². The molecule has 0 N–H and O–H groups in total. The molecule has 5 unspecified atom stereocenters. The molecule has 0 amide bonds. The zero-order valence-electron chi connectivity index (χ0n) is 43.8. The number of benzene rings is 10. The fraction of sp³-hybridized carbons (Fsp3) is 0.132. The number of anilines is 3. The van der Waals surface area contributed by atoms with Crippen LogP contribution in [0, 0.1) is 17.8 Å². The van der Waals surface area contributed by atoms with Gasteiger partial charge in [0.1, 0.15) is 0 Å². The lowest BCUT2D eigenvalue weighted by Gasteiger charge is -2.49. The summed E-state index contributed by atoms with van der Waals surface area (Å²) >= 11 is 0. The lowest BCUT2D eigenvalue weighted by molar-refractivity contribution is 0.498. The molecule has 17 rings (SSSR count). The van der Waals surface area contributed by atoms with Crippen LogP contribution in [0.15, 0.2) is 259 Å². The minimum absolute atomic E-state index is 0.134. The van der Waals surface area contributed by atoms with E-state index in [1.54, 1.807) is 16.7 Å². The van der Waals surface area contributed by atoms with Crippen LogP contribution in [0.25, 0.3) is 61.2 Å². The molecule has 1 heteroatoms. The van der Waals surface area contributed by atoms with Gasteiger partial charge in [-0.15, -0.1) is 0 Å². The minimum atomic E-state index is -0.538. The molecule has 0 saturated heterocycles. The van der Waals surface area contributed by atoms with Crippen molar-refractivity contribution in [1.29, 1.82) is 0 Å². The van der Waals surface area contributed by atoms with Gasteiger partial charge < -0.3 is 4.90 Å². The molecule has 10 aromatic carbocycles. The first-order valence-corrected chi connectivity index (χ1v) is 27.9. The Morgan fingerprint density at radius 3 is 1.49 bits per heavy atom. The Kier molecular flexibility index (Phi) is 8.58. The van der Waals surface area contributed by atoms with Crippen LogP contribution in [0.5, 0.6) is 0 Å². The second-order valence-corrected chi connectivity index (χ2v) is 23.2. The van der Waals surface area contributed by atoms with Crippen molar-refractivity contribution < 1.29 is 0 Å². The van der Waals surface area contributed by atoms with Crippen LogP contribution in [0.3, 0.4) is 0 Å². The molecule has 0 radical (unpaired) electrons. The zero-order valence-corrected chi connectivity index (χ0v) is 43.8. The number of hydrogen-bond acceptors (Lipinski definition) is 1. The lowest BCUT2D eigenvalue weighted by atomic mass is 9.54. The Balaban J connectivity index is 1.02. The maximum Gasteiger partial charge on any atom is 0.0726 e. The number of nitrogens with zero attached hydrogens (tertiary/aromatic N) is 1. The first-order chi connectivity index (χ1) is 37.8. The minimum Gasteiger partial charge on any atom is -0.310 e. The fourth-order valence-electron chi connectivity index (χ4n) is 17.0. The SMILES string of the molecule is CC1C=CC2(C)C3=C1C(C)C1=C(C3C)C3(c4ccccc41)c1cc(ccc1-c1c(-c4ccccc4)cccc13)N(c1ccc3c(c1)C1(c4ccccc4-c4ccccc41)c1ccccc1-3)c1cc(-c3ccccc3)cc2c1. The molecule has 2 spiro atoms. The summed E-state index contributed by atoms with van der Waals surface area (Å²) in [5.41, 5.74) is 33.5. The third kappa shape index (κ3) is 5.26. The van der Waals surface area contributed by atoms with Gasteiger partial charge in [-0.05, 0) is 178 Å². The van der Waals surface area contributed by atoms with Gasteiger partial charge in [0.25, 0.3) is 0 Å². The summed E-state index contributed by atoms with van der Waals surface area (Å²) in [6.07, 6.45) is 5.13. The molecule has 364 valence electrons. The molecule has 6 bridgehead atoms. The Hall–Kier alpha value is -8.78. The average Bonchev–Trinajstić information content (AvgIpc) is 4.11. The second-order valence-electron chi connectivity index (χ2n) is 23.2. The molecule has 77 heavy (non-hydrogen) atoms. The Labute approximate surface area is 451 Å². The standard InChI is InChI=1S/C76H55N/c1-45-38-39-74(4)51-40-50(48-20-7-5-8-21-48)41-54(42-51)77(52-34-36-59-58-26-13-17-31-64(58)75(67(59)43-52)62-29-15-11-24-56(62)57-25-12-16-30-63(57)75)53-35-37-61-68(44-53)76(66-33-19-28-55(71(61)66)49-22-9-6-10-23-49)65-32-18-14-27-60(65)70-46(2)69(45)72(74)47(3)73(70)76/h5-47H,1-4H3. The van der Waals surface area contributed by atoms with E-state index < -0.39 is 16.2 Å². The first-order valence-electron chi connectivity index (χ1n) is 27.9. The summed E-state index contributed by atoms with van der Waals surface area (Å²) in [5.74, 6) is 0.645. The molecule has 1 nitrogen and oxygen atoms in total. The van der Waals surface area contributed by atoms with Gasteiger partial charge >= 0.3 is 0 Å². The van der Waals surface area contributed by atoms with Crippen molar-refractivity contribution in [3.8, 4) is 55.6 Å². The van der Waals surface area contributed by atoms with E-state index in [9.17, 15) is 0 Å². The second kappa shape index (κ2) is 15.2. The molecular weight excluding hydrogens is 927 g/mol. The van der Waals surface area contributed by atoms with Crippen LogP contribution in [-0.2, 0) is 16.2 Å². The molecule has 0 saturated carbocycles. The van der Waals surface area contributed by atoms with Gasteiger partial charge in [-0.3, -0.25) is 0 Å². The van der Waals surface area contributed by atoms with Crippen molar-refractivity contribution in [2.75, 3.05) is 4.90 Å². The highest BCUT2D eigenvalue weighted by Crippen LogP contribution is 2.71. The van der Waals surface area contributed by atoms with E-state index in [0.29, 0.717) is 5.92 Å². The Morgan fingerprint density at radius 2 is 0.857 bits per heavy atom. The van der Waals surface area contributed by atoms with Crippen LogP contribution >= 0.6 is 0 Å². The van der Waals surface area contributed by atoms with Crippen LogP contribution in [0.1, 0.15) is 77.8 Å². The van der Waals surface area contributed by atoms with E-state index in [1.807, 2.05) is 0 Å². The molecule has 10 aromatic rings. The van der Waals surface area contributed by atoms with Crippen molar-refractivity contribution in [2.24, 2.45) is 17.8 Å². The number of allylic oxidation sites excluding steroid dienone is 6. The lowest BCUT2D eigenvalue weighted by Crippen LogP contribution is -2.40. The van der Waals surface area contributed by atoms with Gasteiger partial charge in [0.15, 0.2) is 0 Å². The summed E-state index contributed by atoms with van der Waals surface area (Å²) in [4.78, 5) is 2.63. The zero-order chi connectivity index (χ0) is 51.1. The molecular formula is C76H55N. The number of rotatable bonds is 3. The van der Waals surface area contributed by atoms with Crippen LogP contribution < -0.4 is 4.90 Å². The molecule has 1 aliphatic heterocycles. The number of hydrogen-bond donors (Lipinski definition) is 0. The van der Waals surface area contributed by atoms with E-state index in [0.717, 1.165) is 17.1 Å². The van der Waals surface area contributed by atoms with Crippen molar-refractivity contribution in [1.82, 2.24) is 0 Å². The molecule has 5 atom stereocenters. The quantitative estimate of drug-likeness (QED) is 0.160. The van der Waals surface area contributed by atoms with Crippen molar-refractivity contribution >= 4 is 22.6 Å². The van der Waals surface area contributed by atoms with Crippen molar-refractivity contribution in [3.63, 3.8) is 0 Å². The van der Waals surface area contributed by atoms with E-state index in [4.69, 9.17) is 0 Å². The van der Waals surface area contributed by atoms with Crippen LogP contribution in [0.4, 0.5) is 17.1 Å². The van der Waals surface area contributed by atoms with Gasteiger partial charge in [-0.2, -0.15) is 0 Å². The topological polar surface area (TPSA) is 3.24 Å². The summed E-state index contributed by atoms with van der Waals surface area (Å²) < 4.78 is 0. The van der Waals surface area contributed by atoms with E-state index in [-0.39, 0.29) is 11.8 Å². The maximum absolute atomic E-state index is 2.63. The Bertz CT molecular complexity index is 4290. The van der Waals surface area contributed by atoms with Crippen molar-refractivity contribution in [2.45, 2.75) is 43.9 Å². The van der Waals surface area contributed by atoms with Crippen molar-refractivity contribution in [3.05, 3.63) is 309 Å². The van der Waals surface area contributed by atoms with Gasteiger partial charge in [-0.25, -0.2) is 0 Å². The predicted octanol–water partition coefficient (Wildman–Crippen LogP) is 19.0. The highest BCUT2D eigenvalue weighted by Gasteiger charge is 2.59. The molecule has 1 heterocycles. The normalized spacial score (nSPS) is 22.4. The monoisotopic (exact) mass is 981 g/mol. The van der Waals surface area contributed by atoms with Gasteiger partial charge in [-0.1, -0.05) is 227 Å². The third-order valence-corrected chi connectivity index (χ3v) is 19.8. The third-order valence-electron chi connectivity index (χ3n) is 19.8. The number of fused-ring (bicyclic) bond motifs is 18. The molecule has 0 fully saturated rings. The van der Waals surface area contributed by atoms with Gasteiger partial charge in [0.05, 0.1) is 10.8 Å².